The molecule has 1 rings (SSSR count). The third-order valence-corrected chi connectivity index (χ3v) is 7.27. The Kier molecular flexibility index (Phi) is 70.0. The number of aliphatic hydroxyl groups is 10. The smallest absolute Gasteiger partial charge is 0.333 e. The number of anilines is 1. The summed E-state index contributed by atoms with van der Waals surface area (Å²) in [6.45, 7) is 40.7. The first kappa shape index (κ1) is 93.9. The Labute approximate surface area is 502 Å². The molecule has 0 bridgehead atoms. The number of amides is 4. The van der Waals surface area contributed by atoms with Crippen LogP contribution in [0.1, 0.15) is 55.4 Å². The molecule has 0 fully saturated rings. The topological polar surface area (TPSA) is 470 Å². The monoisotopic (exact) mass is 1230 g/mol. The molecular weight excluding hydrogens is 1140 g/mol. The molecule has 0 aliphatic rings. The number of hydrogen-bond acceptors (Lipinski definition) is 25. The highest BCUT2D eigenvalue weighted by Crippen LogP contribution is 2.14. The van der Waals surface area contributed by atoms with E-state index in [1.54, 1.807) is 60.6 Å². The molecule has 4 unspecified atom stereocenters. The lowest BCUT2D eigenvalue weighted by Crippen LogP contribution is -2.30. The Bertz CT molecular complexity index is 2190. The fourth-order valence-electron chi connectivity index (χ4n) is 2.97. The average Bonchev–Trinajstić information content (AvgIpc) is 3.56. The molecule has 4 amide bonds. The van der Waals surface area contributed by atoms with Crippen LogP contribution in [0.15, 0.2) is 135 Å². The summed E-state index contributed by atoms with van der Waals surface area (Å²) >= 11 is 0. The van der Waals surface area contributed by atoms with Gasteiger partial charge in [-0.3, -0.25) is 19.2 Å². The number of rotatable bonds is 26. The molecule has 1 aromatic carbocycles. The SMILES string of the molecule is C=C(C)C(=O)NCC(C)O.C=C(C)C(=O)NCO.C=C(C)C(=O)Nc1ccc(O)cc1.C=C(C)C(=O)OCC(C)O.C=C(C)C(=O)OCC(O)CO.C=C(C)C(=O)OCCO.C=CC(=O)NCO.C=CC(=O)OCC(O)CO.C=CC(=O)OCCO. The highest BCUT2D eigenvalue weighted by molar-refractivity contribution is 6.02. The van der Waals surface area contributed by atoms with Crippen molar-refractivity contribution >= 4 is 59.2 Å². The number of phenols is 1. The van der Waals surface area contributed by atoms with E-state index in [1.165, 1.54) is 19.1 Å². The molecule has 0 spiro atoms. The van der Waals surface area contributed by atoms with Crippen LogP contribution in [0, 0.1) is 0 Å². The summed E-state index contributed by atoms with van der Waals surface area (Å²) in [5.41, 5.74) is 2.93. The van der Waals surface area contributed by atoms with Crippen molar-refractivity contribution in [2.45, 2.75) is 79.8 Å². The zero-order valence-electron chi connectivity index (χ0n) is 50.3. The van der Waals surface area contributed by atoms with Crippen LogP contribution in [-0.2, 0) is 66.8 Å². The van der Waals surface area contributed by atoms with E-state index in [-0.39, 0.29) is 101 Å². The fraction of sp³-hybridized carbons (Fsp3) is 0.421. The standard InChI is InChI=1S/C10H11NO2.C7H13NO2.C7H12O4.C7H12O3.C6H10O4.C6H10O3.C5H9NO2.C5H8O3.C4H7NO2/c1-7(2)10(13)11-8-3-5-9(12)6-4-8;1-5(2)7(10)8-4-6(3)9;1-5(2)7(10)11-4-6(9)3-8;1-5(2)7(9)10-4-6(3)8;1-2-6(9)10-4-5(8)3-7;1-5(2)6(8)9-4-3-7;1-4(2)5(8)6-3-7;1-2-5(7)8-4-3-6;1-2-4(7)5-3-6/h3-6,12H,1H2,2H3,(H,11,13);6,9H,1,4H2,2-3H3,(H,8,10);6,8-9H,1,3-4H2,2H3;6,8H,1,4H2,2-3H3;2,5,7-8H,1,3-4H2;7H,1,3-4H2,2H3;7H,1,3H2,2H3,(H,6,8);2,6H,1,3-4H2;2,6H,1,3H2,(H,5,7). The second-order valence-electron chi connectivity index (χ2n) is 16.3. The molecule has 0 aliphatic carbocycles. The zero-order chi connectivity index (χ0) is 68.9. The van der Waals surface area contributed by atoms with Gasteiger partial charge in [0, 0.05) is 57.8 Å². The van der Waals surface area contributed by atoms with Gasteiger partial charge in [0.2, 0.25) is 17.7 Å². The van der Waals surface area contributed by atoms with Gasteiger partial charge in [0.05, 0.1) is 38.6 Å². The van der Waals surface area contributed by atoms with Crippen LogP contribution in [0.2, 0.25) is 0 Å². The Balaban J connectivity index is -0.000000133. The number of aliphatic hydroxyl groups excluding tert-OH is 10. The number of hydrogen-bond donors (Lipinski definition) is 15. The Morgan fingerprint density at radius 1 is 0.465 bits per heavy atom. The number of carbonyl (C=O) groups is 9. The van der Waals surface area contributed by atoms with Crippen LogP contribution in [0.3, 0.4) is 0 Å². The minimum Gasteiger partial charge on any atom is -0.508 e. The summed E-state index contributed by atoms with van der Waals surface area (Å²) < 4.78 is 22.3. The van der Waals surface area contributed by atoms with E-state index in [4.69, 9.17) is 56.2 Å². The van der Waals surface area contributed by atoms with E-state index in [9.17, 15) is 43.2 Å². The van der Waals surface area contributed by atoms with Gasteiger partial charge in [-0.15, -0.1) is 0 Å². The van der Waals surface area contributed by atoms with Crippen LogP contribution in [-0.4, -0.2) is 214 Å². The molecule has 29 heteroatoms. The van der Waals surface area contributed by atoms with E-state index in [2.05, 4.69) is 104 Å². The van der Waals surface area contributed by atoms with Crippen molar-refractivity contribution in [2.75, 3.05) is 84.8 Å². The molecule has 0 aromatic heterocycles. The normalized spacial score (nSPS) is 10.3. The molecular formula is C57H92N4O25. The maximum atomic E-state index is 11.1. The zero-order valence-corrected chi connectivity index (χ0v) is 50.3. The fourth-order valence-corrected chi connectivity index (χ4v) is 2.97. The van der Waals surface area contributed by atoms with Crippen molar-refractivity contribution in [1.82, 2.24) is 16.0 Å². The Morgan fingerprint density at radius 3 is 1.13 bits per heavy atom. The lowest BCUT2D eigenvalue weighted by Gasteiger charge is -2.07. The number of aromatic hydroxyl groups is 1. The van der Waals surface area contributed by atoms with Crippen molar-refractivity contribution in [1.29, 1.82) is 0 Å². The number of benzene rings is 1. The number of ether oxygens (including phenoxy) is 5. The maximum Gasteiger partial charge on any atom is 0.333 e. The van der Waals surface area contributed by atoms with Crippen LogP contribution < -0.4 is 21.3 Å². The molecule has 4 atom stereocenters. The summed E-state index contributed by atoms with van der Waals surface area (Å²) in [4.78, 5) is 94.4. The Morgan fingerprint density at radius 2 is 0.826 bits per heavy atom. The second kappa shape index (κ2) is 64.1. The highest BCUT2D eigenvalue weighted by Gasteiger charge is 2.08. The van der Waals surface area contributed by atoms with Crippen LogP contribution in [0.5, 0.6) is 5.75 Å². The van der Waals surface area contributed by atoms with E-state index in [0.717, 1.165) is 18.2 Å². The van der Waals surface area contributed by atoms with Crippen molar-refractivity contribution in [3.05, 3.63) is 135 Å². The first-order chi connectivity index (χ1) is 39.9. The molecule has 0 saturated heterocycles. The van der Waals surface area contributed by atoms with Crippen LogP contribution in [0.4, 0.5) is 5.69 Å². The number of nitrogens with one attached hydrogen (secondary N) is 4. The van der Waals surface area contributed by atoms with Crippen molar-refractivity contribution in [3.8, 4) is 5.75 Å². The van der Waals surface area contributed by atoms with E-state index in [1.807, 2.05) is 0 Å². The van der Waals surface area contributed by atoms with Crippen LogP contribution in [0.25, 0.3) is 0 Å². The molecule has 29 nitrogen and oxygen atoms in total. The highest BCUT2D eigenvalue weighted by atomic mass is 16.6. The predicted molar refractivity (Wildman–Crippen MR) is 318 cm³/mol. The van der Waals surface area contributed by atoms with Gasteiger partial charge in [0.1, 0.15) is 64.5 Å². The number of phenolic OH excluding ortho intramolecular Hbond substituents is 1. The van der Waals surface area contributed by atoms with E-state index >= 15 is 0 Å². The maximum absolute atomic E-state index is 11.1. The minimum atomic E-state index is -1.00. The predicted octanol–water partition coefficient (Wildman–Crippen LogP) is -0.347. The number of esters is 5. The molecule has 0 radical (unpaired) electrons. The van der Waals surface area contributed by atoms with E-state index < -0.39 is 67.5 Å². The summed E-state index contributed by atoms with van der Waals surface area (Å²) in [5, 5.41) is 102. The van der Waals surface area contributed by atoms with Crippen molar-refractivity contribution in [2.24, 2.45) is 0 Å². The van der Waals surface area contributed by atoms with Gasteiger partial charge in [-0.2, -0.15) is 0 Å². The molecule has 0 aliphatic heterocycles. The first-order valence-corrected chi connectivity index (χ1v) is 24.9. The molecule has 490 valence electrons. The Hall–Kier alpha value is -8.49. The second-order valence-corrected chi connectivity index (χ2v) is 16.3. The summed E-state index contributed by atoms with van der Waals surface area (Å²) in [5.74, 6) is -3.50. The van der Waals surface area contributed by atoms with Gasteiger partial charge in [0.15, 0.2) is 0 Å². The van der Waals surface area contributed by atoms with Crippen molar-refractivity contribution in [3.63, 3.8) is 0 Å². The minimum absolute atomic E-state index is 0.0334. The average molecular weight is 1230 g/mol. The molecule has 1 aromatic rings. The third kappa shape index (κ3) is 77.6. The summed E-state index contributed by atoms with van der Waals surface area (Å²) in [7, 11) is 0. The van der Waals surface area contributed by atoms with Crippen molar-refractivity contribution < 1.29 is 123 Å². The van der Waals surface area contributed by atoms with Gasteiger partial charge in [-0.25, -0.2) is 24.0 Å². The van der Waals surface area contributed by atoms with Gasteiger partial charge in [-0.05, 0) is 85.7 Å². The number of carbonyl (C=O) groups excluding carboxylic acids is 9. The lowest BCUT2D eigenvalue weighted by atomic mass is 10.2. The van der Waals surface area contributed by atoms with Crippen LogP contribution >= 0.6 is 0 Å². The quantitative estimate of drug-likeness (QED) is 0.0185. The molecule has 15 N–H and O–H groups in total. The van der Waals surface area contributed by atoms with Gasteiger partial charge < -0.3 is 101 Å². The largest absolute Gasteiger partial charge is 0.508 e. The summed E-state index contributed by atoms with van der Waals surface area (Å²) in [6, 6.07) is 6.26. The summed E-state index contributed by atoms with van der Waals surface area (Å²) in [6.07, 6.45) is 0.0319. The van der Waals surface area contributed by atoms with E-state index in [0.29, 0.717) is 33.6 Å². The lowest BCUT2D eigenvalue weighted by molar-refractivity contribution is -0.143. The molecule has 86 heavy (non-hydrogen) atoms. The first-order valence-electron chi connectivity index (χ1n) is 24.9. The van der Waals surface area contributed by atoms with Gasteiger partial charge >= 0.3 is 29.8 Å². The third-order valence-electron chi connectivity index (χ3n) is 7.27. The molecule has 0 heterocycles. The molecule has 0 saturated carbocycles. The van der Waals surface area contributed by atoms with Gasteiger partial charge in [-0.1, -0.05) is 59.2 Å². The van der Waals surface area contributed by atoms with Gasteiger partial charge in [0.25, 0.3) is 5.91 Å².